The number of halogens is 2. The second-order valence-electron chi connectivity index (χ2n) is 2.53. The van der Waals surface area contributed by atoms with Gasteiger partial charge in [-0.25, -0.2) is 8.78 Å². The molecule has 2 N–H and O–H groups in total. The van der Waals surface area contributed by atoms with Crippen LogP contribution in [0.15, 0.2) is 0 Å². The molecule has 0 bridgehead atoms. The van der Waals surface area contributed by atoms with E-state index in [0.717, 1.165) is 5.75 Å². The summed E-state index contributed by atoms with van der Waals surface area (Å²) in [5.74, 6) is -1.66. The van der Waals surface area contributed by atoms with Gasteiger partial charge in [-0.1, -0.05) is 0 Å². The molecule has 1 fully saturated rings. The van der Waals surface area contributed by atoms with Crippen LogP contribution in [-0.2, 0) is 0 Å². The highest BCUT2D eigenvalue weighted by Crippen LogP contribution is 2.35. The maximum atomic E-state index is 12.7. The van der Waals surface area contributed by atoms with Gasteiger partial charge in [-0.2, -0.15) is 11.8 Å². The SMILES string of the molecule is NCC(F)(F)C1CCSC1. The molecule has 10 heavy (non-hydrogen) atoms. The van der Waals surface area contributed by atoms with E-state index in [2.05, 4.69) is 0 Å². The minimum absolute atomic E-state index is 0.470. The van der Waals surface area contributed by atoms with E-state index < -0.39 is 18.4 Å². The number of hydrogen-bond donors (Lipinski definition) is 1. The van der Waals surface area contributed by atoms with Crippen LogP contribution in [0.1, 0.15) is 6.42 Å². The first kappa shape index (κ1) is 8.27. The lowest BCUT2D eigenvalue weighted by Crippen LogP contribution is -2.36. The second-order valence-corrected chi connectivity index (χ2v) is 3.68. The van der Waals surface area contributed by atoms with E-state index in [1.165, 1.54) is 0 Å². The third-order valence-electron chi connectivity index (χ3n) is 1.80. The van der Waals surface area contributed by atoms with E-state index in [-0.39, 0.29) is 0 Å². The molecule has 0 aromatic rings. The van der Waals surface area contributed by atoms with E-state index in [4.69, 9.17) is 5.73 Å². The van der Waals surface area contributed by atoms with Crippen molar-refractivity contribution in [1.82, 2.24) is 0 Å². The van der Waals surface area contributed by atoms with Gasteiger partial charge in [-0.3, -0.25) is 0 Å². The number of alkyl halides is 2. The second kappa shape index (κ2) is 3.05. The molecule has 1 rings (SSSR count). The fraction of sp³-hybridized carbons (Fsp3) is 1.00. The Bertz CT molecular complexity index is 112. The zero-order chi connectivity index (χ0) is 7.61. The van der Waals surface area contributed by atoms with Crippen LogP contribution in [-0.4, -0.2) is 24.0 Å². The lowest BCUT2D eigenvalue weighted by Gasteiger charge is -2.19. The summed E-state index contributed by atoms with van der Waals surface area (Å²) in [6.45, 7) is -0.502. The molecular weight excluding hydrogens is 156 g/mol. The average Bonchev–Trinajstić information content (AvgIpc) is 2.38. The molecule has 0 spiro atoms. The number of hydrogen-bond acceptors (Lipinski definition) is 2. The van der Waals surface area contributed by atoms with Crippen molar-refractivity contribution in [3.8, 4) is 0 Å². The maximum absolute atomic E-state index is 12.7. The van der Waals surface area contributed by atoms with Gasteiger partial charge in [0.25, 0.3) is 5.92 Å². The quantitative estimate of drug-likeness (QED) is 0.671. The third-order valence-corrected chi connectivity index (χ3v) is 2.96. The highest BCUT2D eigenvalue weighted by Gasteiger charge is 2.39. The topological polar surface area (TPSA) is 26.0 Å². The van der Waals surface area contributed by atoms with Crippen LogP contribution in [0.3, 0.4) is 0 Å². The molecule has 0 amide bonds. The molecule has 1 aliphatic rings. The monoisotopic (exact) mass is 167 g/mol. The summed E-state index contributed by atoms with van der Waals surface area (Å²) < 4.78 is 25.4. The highest BCUT2D eigenvalue weighted by atomic mass is 32.2. The smallest absolute Gasteiger partial charge is 0.263 e. The summed E-state index contributed by atoms with van der Waals surface area (Å²) in [5.41, 5.74) is 4.93. The number of nitrogens with two attached hydrogens (primary N) is 1. The number of thioether (sulfide) groups is 1. The first-order chi connectivity index (χ1) is 4.67. The van der Waals surface area contributed by atoms with Crippen molar-refractivity contribution < 1.29 is 8.78 Å². The number of rotatable bonds is 2. The average molecular weight is 167 g/mol. The van der Waals surface area contributed by atoms with E-state index in [1.54, 1.807) is 11.8 Å². The molecule has 0 saturated carbocycles. The van der Waals surface area contributed by atoms with Gasteiger partial charge in [0.2, 0.25) is 0 Å². The van der Waals surface area contributed by atoms with Crippen molar-refractivity contribution in [3.05, 3.63) is 0 Å². The van der Waals surface area contributed by atoms with Gasteiger partial charge in [0.05, 0.1) is 6.54 Å². The van der Waals surface area contributed by atoms with Crippen molar-refractivity contribution >= 4 is 11.8 Å². The predicted octanol–water partition coefficient (Wildman–Crippen LogP) is 1.33. The van der Waals surface area contributed by atoms with Crippen LogP contribution in [0.4, 0.5) is 8.78 Å². The summed E-state index contributed by atoms with van der Waals surface area (Å²) in [4.78, 5) is 0. The van der Waals surface area contributed by atoms with Gasteiger partial charge in [0.15, 0.2) is 0 Å². The minimum atomic E-state index is -2.62. The lowest BCUT2D eigenvalue weighted by atomic mass is 10.0. The zero-order valence-electron chi connectivity index (χ0n) is 5.65. The molecule has 1 unspecified atom stereocenters. The third kappa shape index (κ3) is 1.61. The molecule has 60 valence electrons. The van der Waals surface area contributed by atoms with Crippen LogP contribution in [0.25, 0.3) is 0 Å². The van der Waals surface area contributed by atoms with Crippen molar-refractivity contribution in [2.24, 2.45) is 11.7 Å². The Morgan fingerprint density at radius 1 is 1.60 bits per heavy atom. The summed E-state index contributed by atoms with van der Waals surface area (Å²) >= 11 is 1.59. The molecule has 0 radical (unpaired) electrons. The van der Waals surface area contributed by atoms with Crippen molar-refractivity contribution in [2.45, 2.75) is 12.3 Å². The van der Waals surface area contributed by atoms with E-state index >= 15 is 0 Å². The molecule has 1 nitrogen and oxygen atoms in total. The Labute approximate surface area is 63.4 Å². The Morgan fingerprint density at radius 3 is 2.70 bits per heavy atom. The summed E-state index contributed by atoms with van der Waals surface area (Å²) in [7, 11) is 0. The van der Waals surface area contributed by atoms with Gasteiger partial charge in [-0.15, -0.1) is 0 Å². The lowest BCUT2D eigenvalue weighted by molar-refractivity contribution is -0.0388. The normalized spacial score (nSPS) is 27.3. The van der Waals surface area contributed by atoms with Gasteiger partial charge in [0.1, 0.15) is 0 Å². The molecule has 4 heteroatoms. The Morgan fingerprint density at radius 2 is 2.30 bits per heavy atom. The maximum Gasteiger partial charge on any atom is 0.263 e. The summed E-state index contributed by atoms with van der Waals surface area (Å²) in [5, 5.41) is 0. The van der Waals surface area contributed by atoms with Gasteiger partial charge >= 0.3 is 0 Å². The molecular formula is C6H11F2NS. The first-order valence-corrected chi connectivity index (χ1v) is 4.48. The molecule has 1 heterocycles. The van der Waals surface area contributed by atoms with Crippen LogP contribution >= 0.6 is 11.8 Å². The standard InChI is InChI=1S/C6H11F2NS/c7-6(8,4-9)5-1-2-10-3-5/h5H,1-4,9H2. The Hall–Kier alpha value is 0.170. The van der Waals surface area contributed by atoms with Gasteiger partial charge < -0.3 is 5.73 Å². The molecule has 0 aliphatic carbocycles. The molecule has 0 aromatic carbocycles. The molecule has 1 saturated heterocycles. The minimum Gasteiger partial charge on any atom is -0.325 e. The van der Waals surface area contributed by atoms with Crippen LogP contribution < -0.4 is 5.73 Å². The fourth-order valence-corrected chi connectivity index (χ4v) is 2.35. The van der Waals surface area contributed by atoms with E-state index in [9.17, 15) is 8.78 Å². The Kier molecular flexibility index (Phi) is 2.52. The predicted molar refractivity (Wildman–Crippen MR) is 39.4 cm³/mol. The summed E-state index contributed by atoms with van der Waals surface area (Å²) in [6.07, 6.45) is 0.620. The van der Waals surface area contributed by atoms with Gasteiger partial charge in [0, 0.05) is 11.7 Å². The van der Waals surface area contributed by atoms with E-state index in [1.807, 2.05) is 0 Å². The van der Waals surface area contributed by atoms with Gasteiger partial charge in [-0.05, 0) is 12.2 Å². The molecule has 1 atom stereocenters. The fourth-order valence-electron chi connectivity index (χ4n) is 1.03. The van der Waals surface area contributed by atoms with Crippen LogP contribution in [0.2, 0.25) is 0 Å². The van der Waals surface area contributed by atoms with E-state index in [0.29, 0.717) is 12.2 Å². The summed E-state index contributed by atoms with van der Waals surface area (Å²) in [6, 6.07) is 0. The van der Waals surface area contributed by atoms with Crippen molar-refractivity contribution in [1.29, 1.82) is 0 Å². The van der Waals surface area contributed by atoms with Crippen LogP contribution in [0.5, 0.6) is 0 Å². The molecule has 1 aliphatic heterocycles. The van der Waals surface area contributed by atoms with Crippen molar-refractivity contribution in [2.75, 3.05) is 18.1 Å². The van der Waals surface area contributed by atoms with Crippen molar-refractivity contribution in [3.63, 3.8) is 0 Å². The molecule has 0 aromatic heterocycles. The highest BCUT2D eigenvalue weighted by molar-refractivity contribution is 7.99. The largest absolute Gasteiger partial charge is 0.325 e. The first-order valence-electron chi connectivity index (χ1n) is 3.32. The van der Waals surface area contributed by atoms with Crippen LogP contribution in [0, 0.1) is 5.92 Å². The zero-order valence-corrected chi connectivity index (χ0v) is 6.46. The Balaban J connectivity index is 2.45.